The lowest BCUT2D eigenvalue weighted by Crippen LogP contribution is -2.04. The van der Waals surface area contributed by atoms with Crippen molar-refractivity contribution in [2.75, 3.05) is 0 Å². The SMILES string of the molecule is N#Cc1cc(F)ccc1COc1ccc([N+](=O)[O-])cc1-n1cnnn1. The second-order valence-electron chi connectivity index (χ2n) is 4.87. The van der Waals surface area contributed by atoms with E-state index in [-0.39, 0.29) is 29.3 Å². The van der Waals surface area contributed by atoms with Gasteiger partial charge in [0.05, 0.1) is 16.6 Å². The van der Waals surface area contributed by atoms with Crippen LogP contribution < -0.4 is 4.74 Å². The summed E-state index contributed by atoms with van der Waals surface area (Å²) in [5.41, 5.74) is 0.730. The molecule has 0 N–H and O–H groups in total. The number of hydrogen-bond donors (Lipinski definition) is 0. The normalized spacial score (nSPS) is 10.2. The summed E-state index contributed by atoms with van der Waals surface area (Å²) >= 11 is 0. The van der Waals surface area contributed by atoms with E-state index < -0.39 is 10.7 Å². The molecule has 0 aliphatic carbocycles. The standard InChI is InChI=1S/C15H9FN6O3/c16-12-2-1-10(11(5-12)7-17)8-25-15-4-3-13(22(23)24)6-14(15)21-9-18-19-20-21/h1-6,9H,8H2. The van der Waals surface area contributed by atoms with Crippen LogP contribution >= 0.6 is 0 Å². The average Bonchev–Trinajstić information content (AvgIpc) is 3.14. The Kier molecular flexibility index (Phi) is 4.30. The fraction of sp³-hybridized carbons (Fsp3) is 0.0667. The van der Waals surface area contributed by atoms with Crippen molar-refractivity contribution in [3.63, 3.8) is 0 Å². The molecule has 0 unspecified atom stereocenters. The van der Waals surface area contributed by atoms with Gasteiger partial charge in [-0.05, 0) is 28.6 Å². The van der Waals surface area contributed by atoms with Crippen LogP contribution in [-0.4, -0.2) is 25.1 Å². The van der Waals surface area contributed by atoms with E-state index in [1.54, 1.807) is 0 Å². The van der Waals surface area contributed by atoms with Crippen molar-refractivity contribution < 1.29 is 14.1 Å². The van der Waals surface area contributed by atoms with Crippen molar-refractivity contribution >= 4 is 5.69 Å². The predicted molar refractivity (Wildman–Crippen MR) is 81.3 cm³/mol. The van der Waals surface area contributed by atoms with Crippen molar-refractivity contribution in [1.29, 1.82) is 5.26 Å². The van der Waals surface area contributed by atoms with Crippen LogP contribution in [0.2, 0.25) is 0 Å². The van der Waals surface area contributed by atoms with E-state index in [2.05, 4.69) is 15.5 Å². The van der Waals surface area contributed by atoms with E-state index in [0.717, 1.165) is 6.07 Å². The molecule has 0 radical (unpaired) electrons. The van der Waals surface area contributed by atoms with Crippen LogP contribution in [0.1, 0.15) is 11.1 Å². The van der Waals surface area contributed by atoms with Gasteiger partial charge in [0.25, 0.3) is 5.69 Å². The number of hydrogen-bond acceptors (Lipinski definition) is 7. The first-order valence-corrected chi connectivity index (χ1v) is 6.91. The maximum absolute atomic E-state index is 13.2. The van der Waals surface area contributed by atoms with Crippen LogP contribution in [0.25, 0.3) is 5.69 Å². The lowest BCUT2D eigenvalue weighted by Gasteiger charge is -2.11. The highest BCUT2D eigenvalue weighted by Crippen LogP contribution is 2.28. The van der Waals surface area contributed by atoms with E-state index in [9.17, 15) is 14.5 Å². The topological polar surface area (TPSA) is 120 Å². The number of nitriles is 1. The summed E-state index contributed by atoms with van der Waals surface area (Å²) in [6, 6.07) is 9.61. The van der Waals surface area contributed by atoms with E-state index >= 15 is 0 Å². The molecule has 0 fully saturated rings. The highest BCUT2D eigenvalue weighted by atomic mass is 19.1. The molecule has 25 heavy (non-hydrogen) atoms. The van der Waals surface area contributed by atoms with Crippen molar-refractivity contribution in [2.24, 2.45) is 0 Å². The minimum Gasteiger partial charge on any atom is -0.487 e. The van der Waals surface area contributed by atoms with Crippen molar-refractivity contribution in [1.82, 2.24) is 20.2 Å². The van der Waals surface area contributed by atoms with Gasteiger partial charge >= 0.3 is 0 Å². The van der Waals surface area contributed by atoms with Gasteiger partial charge in [0.1, 0.15) is 30.2 Å². The number of tetrazole rings is 1. The van der Waals surface area contributed by atoms with Gasteiger partial charge in [-0.1, -0.05) is 6.07 Å². The Hall–Kier alpha value is -3.87. The molecule has 124 valence electrons. The van der Waals surface area contributed by atoms with Crippen LogP contribution in [0.4, 0.5) is 10.1 Å². The van der Waals surface area contributed by atoms with Gasteiger partial charge in [0, 0.05) is 17.7 Å². The van der Waals surface area contributed by atoms with Crippen molar-refractivity contribution in [3.05, 3.63) is 69.8 Å². The van der Waals surface area contributed by atoms with E-state index in [4.69, 9.17) is 10.00 Å². The largest absolute Gasteiger partial charge is 0.487 e. The number of nitro groups is 1. The molecule has 1 heterocycles. The quantitative estimate of drug-likeness (QED) is 0.515. The number of aromatic nitrogens is 4. The number of nitrogens with zero attached hydrogens (tertiary/aromatic N) is 6. The number of rotatable bonds is 5. The van der Waals surface area contributed by atoms with Gasteiger partial charge < -0.3 is 4.74 Å². The predicted octanol–water partition coefficient (Wildman–Crippen LogP) is 2.16. The molecule has 0 saturated carbocycles. The Morgan fingerprint density at radius 1 is 1.32 bits per heavy atom. The minimum atomic E-state index is -0.550. The maximum Gasteiger partial charge on any atom is 0.271 e. The molecule has 0 aliphatic rings. The Labute approximate surface area is 140 Å². The van der Waals surface area contributed by atoms with Crippen LogP contribution in [0.15, 0.2) is 42.7 Å². The van der Waals surface area contributed by atoms with E-state index in [1.807, 2.05) is 6.07 Å². The van der Waals surface area contributed by atoms with E-state index in [1.165, 1.54) is 41.3 Å². The summed E-state index contributed by atoms with van der Waals surface area (Å²) in [4.78, 5) is 10.4. The summed E-state index contributed by atoms with van der Waals surface area (Å²) in [6.45, 7) is -0.0316. The van der Waals surface area contributed by atoms with E-state index in [0.29, 0.717) is 5.56 Å². The monoisotopic (exact) mass is 340 g/mol. The number of ether oxygens (including phenoxy) is 1. The lowest BCUT2D eigenvalue weighted by molar-refractivity contribution is -0.384. The molecule has 0 atom stereocenters. The molecule has 0 saturated heterocycles. The lowest BCUT2D eigenvalue weighted by atomic mass is 10.1. The number of halogens is 1. The first kappa shape index (κ1) is 16.0. The zero-order valence-corrected chi connectivity index (χ0v) is 12.5. The first-order chi connectivity index (χ1) is 12.1. The smallest absolute Gasteiger partial charge is 0.271 e. The minimum absolute atomic E-state index is 0.0316. The van der Waals surface area contributed by atoms with Crippen LogP contribution in [0.5, 0.6) is 5.75 Å². The average molecular weight is 340 g/mol. The molecule has 0 spiro atoms. The summed E-state index contributed by atoms with van der Waals surface area (Å²) in [6.07, 6.45) is 1.27. The van der Waals surface area contributed by atoms with Crippen LogP contribution in [0, 0.1) is 27.3 Å². The molecule has 3 rings (SSSR count). The zero-order valence-electron chi connectivity index (χ0n) is 12.5. The third-order valence-corrected chi connectivity index (χ3v) is 3.32. The molecular formula is C15H9FN6O3. The highest BCUT2D eigenvalue weighted by molar-refractivity contribution is 5.53. The highest BCUT2D eigenvalue weighted by Gasteiger charge is 2.15. The van der Waals surface area contributed by atoms with Crippen molar-refractivity contribution in [3.8, 4) is 17.5 Å². The van der Waals surface area contributed by atoms with Gasteiger partial charge in [-0.25, -0.2) is 4.39 Å². The Balaban J connectivity index is 1.93. The molecule has 0 bridgehead atoms. The van der Waals surface area contributed by atoms with Gasteiger partial charge in [-0.15, -0.1) is 5.10 Å². The molecule has 10 heteroatoms. The maximum atomic E-state index is 13.2. The third kappa shape index (κ3) is 3.40. The van der Waals surface area contributed by atoms with Crippen LogP contribution in [-0.2, 0) is 6.61 Å². The second-order valence-corrected chi connectivity index (χ2v) is 4.87. The Morgan fingerprint density at radius 2 is 2.16 bits per heavy atom. The molecule has 1 aromatic heterocycles. The molecule has 0 aliphatic heterocycles. The molecule has 2 aromatic carbocycles. The second kappa shape index (κ2) is 6.71. The molecular weight excluding hydrogens is 331 g/mol. The van der Waals surface area contributed by atoms with Gasteiger partial charge in [0.15, 0.2) is 0 Å². The fourth-order valence-electron chi connectivity index (χ4n) is 2.13. The summed E-state index contributed by atoms with van der Waals surface area (Å²) < 4.78 is 20.1. The molecule has 9 nitrogen and oxygen atoms in total. The van der Waals surface area contributed by atoms with Gasteiger partial charge in [0.2, 0.25) is 0 Å². The summed E-state index contributed by atoms with van der Waals surface area (Å²) in [5, 5.41) is 30.7. The van der Waals surface area contributed by atoms with Gasteiger partial charge in [-0.3, -0.25) is 10.1 Å². The van der Waals surface area contributed by atoms with Crippen molar-refractivity contribution in [2.45, 2.75) is 6.61 Å². The summed E-state index contributed by atoms with van der Waals surface area (Å²) in [5.74, 6) is -0.254. The Morgan fingerprint density at radius 3 is 2.84 bits per heavy atom. The first-order valence-electron chi connectivity index (χ1n) is 6.91. The van der Waals surface area contributed by atoms with Gasteiger partial charge in [-0.2, -0.15) is 9.94 Å². The number of non-ortho nitro benzene ring substituents is 1. The number of nitro benzene ring substituents is 1. The molecule has 3 aromatic rings. The third-order valence-electron chi connectivity index (χ3n) is 3.32. The fourth-order valence-corrected chi connectivity index (χ4v) is 2.13. The molecule has 0 amide bonds. The number of benzene rings is 2. The zero-order chi connectivity index (χ0) is 17.8. The van der Waals surface area contributed by atoms with Crippen LogP contribution in [0.3, 0.4) is 0 Å². The Bertz CT molecular complexity index is 968. The summed E-state index contributed by atoms with van der Waals surface area (Å²) in [7, 11) is 0.